The summed E-state index contributed by atoms with van der Waals surface area (Å²) in [5, 5.41) is 3.18. The molecule has 1 amide bonds. The van der Waals surface area contributed by atoms with Gasteiger partial charge in [0.1, 0.15) is 0 Å². The number of aryl methyl sites for hydroxylation is 1. The highest BCUT2D eigenvalue weighted by atomic mass is 16.1. The van der Waals surface area contributed by atoms with E-state index in [1.807, 2.05) is 25.4 Å². The van der Waals surface area contributed by atoms with E-state index in [-0.39, 0.29) is 16.9 Å². The van der Waals surface area contributed by atoms with Gasteiger partial charge in [-0.15, -0.1) is 6.42 Å². The molecule has 2 aromatic rings. The van der Waals surface area contributed by atoms with Gasteiger partial charge in [0.2, 0.25) is 0 Å². The number of aliphatic imine (C=N–C) groups is 1. The summed E-state index contributed by atoms with van der Waals surface area (Å²) >= 11 is 0. The first-order valence-corrected chi connectivity index (χ1v) is 9.53. The molecule has 2 heterocycles. The van der Waals surface area contributed by atoms with E-state index in [2.05, 4.69) is 35.3 Å². The first-order valence-electron chi connectivity index (χ1n) is 9.53. The van der Waals surface area contributed by atoms with Crippen molar-refractivity contribution in [1.82, 2.24) is 10.3 Å². The van der Waals surface area contributed by atoms with Crippen LogP contribution < -0.4 is 5.32 Å². The molecule has 1 unspecified atom stereocenters. The molecule has 1 aliphatic heterocycles. The zero-order valence-corrected chi connectivity index (χ0v) is 16.2. The number of rotatable bonds is 4. The minimum absolute atomic E-state index is 0.0892. The summed E-state index contributed by atoms with van der Waals surface area (Å²) < 4.78 is 0. The summed E-state index contributed by atoms with van der Waals surface area (Å²) in [4.78, 5) is 21.9. The van der Waals surface area contributed by atoms with Gasteiger partial charge in [-0.1, -0.05) is 25.0 Å². The zero-order chi connectivity index (χ0) is 19.8. The number of carbonyl (C=O) groups is 1. The van der Waals surface area contributed by atoms with Crippen LogP contribution in [-0.4, -0.2) is 22.6 Å². The monoisotopic (exact) mass is 369 g/mol. The Labute approximate surface area is 165 Å². The van der Waals surface area contributed by atoms with Gasteiger partial charge in [0.15, 0.2) is 0 Å². The highest BCUT2D eigenvalue weighted by Gasteiger charge is 2.49. The van der Waals surface area contributed by atoms with E-state index < -0.39 is 0 Å². The van der Waals surface area contributed by atoms with Gasteiger partial charge in [0.25, 0.3) is 5.91 Å². The van der Waals surface area contributed by atoms with Gasteiger partial charge in [-0.2, -0.15) is 0 Å². The second-order valence-corrected chi connectivity index (χ2v) is 7.86. The van der Waals surface area contributed by atoms with Gasteiger partial charge in [0.05, 0.1) is 11.2 Å². The van der Waals surface area contributed by atoms with Gasteiger partial charge in [0, 0.05) is 34.6 Å². The van der Waals surface area contributed by atoms with Crippen molar-refractivity contribution in [3.05, 3.63) is 76.8 Å². The fourth-order valence-electron chi connectivity index (χ4n) is 3.79. The van der Waals surface area contributed by atoms with Crippen LogP contribution in [0.25, 0.3) is 0 Å². The largest absolute Gasteiger partial charge is 0.341 e. The number of aromatic nitrogens is 1. The molecule has 1 aromatic carbocycles. The lowest BCUT2D eigenvalue weighted by Gasteiger charge is -2.30. The van der Waals surface area contributed by atoms with E-state index in [0.717, 1.165) is 36.2 Å². The number of hydrogen-bond acceptors (Lipinski definition) is 3. The molecular weight excluding hydrogens is 346 g/mol. The van der Waals surface area contributed by atoms with Crippen molar-refractivity contribution < 1.29 is 4.79 Å². The third-order valence-corrected chi connectivity index (χ3v) is 5.74. The van der Waals surface area contributed by atoms with Crippen LogP contribution in [0.15, 0.2) is 59.4 Å². The average Bonchev–Trinajstić information content (AvgIpc) is 3.49. The van der Waals surface area contributed by atoms with E-state index in [4.69, 9.17) is 11.4 Å². The van der Waals surface area contributed by atoms with Crippen LogP contribution in [0.1, 0.15) is 53.4 Å². The number of carbonyl (C=O) groups excluding carboxylic acids is 1. The maximum absolute atomic E-state index is 12.7. The van der Waals surface area contributed by atoms with Crippen LogP contribution in [0.5, 0.6) is 0 Å². The molecule has 1 N–H and O–H groups in total. The van der Waals surface area contributed by atoms with E-state index in [9.17, 15) is 4.79 Å². The second kappa shape index (κ2) is 6.76. The van der Waals surface area contributed by atoms with Crippen molar-refractivity contribution in [2.24, 2.45) is 4.99 Å². The molecule has 28 heavy (non-hydrogen) atoms. The van der Waals surface area contributed by atoms with E-state index >= 15 is 0 Å². The quantitative estimate of drug-likeness (QED) is 0.830. The van der Waals surface area contributed by atoms with Crippen LogP contribution in [0, 0.1) is 19.3 Å². The smallest absolute Gasteiger partial charge is 0.252 e. The maximum Gasteiger partial charge on any atom is 0.252 e. The molecule has 4 heteroatoms. The van der Waals surface area contributed by atoms with Crippen LogP contribution in [0.3, 0.4) is 0 Å². The SMILES string of the molecule is C#Cc1ccc(C(=O)NC2(C3=CCC(C)(c4cccnc4C)C=N3)CC2)cc1. The van der Waals surface area contributed by atoms with Gasteiger partial charge in [-0.05, 0) is 62.1 Å². The Bertz CT molecular complexity index is 1020. The van der Waals surface area contributed by atoms with Gasteiger partial charge >= 0.3 is 0 Å². The maximum atomic E-state index is 12.7. The van der Waals surface area contributed by atoms with Crippen molar-refractivity contribution in [3.63, 3.8) is 0 Å². The topological polar surface area (TPSA) is 54.4 Å². The first-order chi connectivity index (χ1) is 13.5. The van der Waals surface area contributed by atoms with Gasteiger partial charge in [-0.3, -0.25) is 14.8 Å². The average molecular weight is 369 g/mol. The highest BCUT2D eigenvalue weighted by Crippen LogP contribution is 2.45. The molecule has 140 valence electrons. The normalized spacial score (nSPS) is 22.1. The molecule has 0 bridgehead atoms. The van der Waals surface area contributed by atoms with Crippen LogP contribution in [0.4, 0.5) is 0 Å². The molecule has 4 rings (SSSR count). The summed E-state index contributed by atoms with van der Waals surface area (Å²) in [6.45, 7) is 4.21. The van der Waals surface area contributed by atoms with Gasteiger partial charge < -0.3 is 5.32 Å². The number of benzene rings is 1. The van der Waals surface area contributed by atoms with Crippen LogP contribution in [-0.2, 0) is 5.41 Å². The van der Waals surface area contributed by atoms with E-state index in [1.165, 1.54) is 5.56 Å². The van der Waals surface area contributed by atoms with Gasteiger partial charge in [-0.25, -0.2) is 0 Å². The molecule has 1 atom stereocenters. The summed E-state index contributed by atoms with van der Waals surface area (Å²) in [6.07, 6.45) is 14.0. The van der Waals surface area contributed by atoms with Crippen LogP contribution >= 0.6 is 0 Å². The molecule has 0 radical (unpaired) electrons. The fourth-order valence-corrected chi connectivity index (χ4v) is 3.79. The highest BCUT2D eigenvalue weighted by molar-refractivity contribution is 5.95. The van der Waals surface area contributed by atoms with E-state index in [0.29, 0.717) is 5.56 Å². The Hall–Kier alpha value is -3.19. The Morgan fingerprint density at radius 1 is 1.21 bits per heavy atom. The standard InChI is InChI=1S/C24H23N3O/c1-4-18-7-9-19(10-8-18)22(28)27-24(13-14-24)21-11-12-23(3,16-26-21)20-6-5-15-25-17(20)2/h1,5-11,15-16H,12-14H2,2-3H3,(H,27,28). The summed E-state index contributed by atoms with van der Waals surface area (Å²) in [7, 11) is 0. The molecule has 0 spiro atoms. The Morgan fingerprint density at radius 3 is 2.54 bits per heavy atom. The number of nitrogens with zero attached hydrogens (tertiary/aromatic N) is 2. The number of pyridine rings is 1. The Kier molecular flexibility index (Phi) is 4.39. The lowest BCUT2D eigenvalue weighted by Crippen LogP contribution is -2.39. The molecular formula is C24H23N3O. The summed E-state index contributed by atoms with van der Waals surface area (Å²) in [5.74, 6) is 2.48. The zero-order valence-electron chi connectivity index (χ0n) is 16.2. The number of hydrogen-bond donors (Lipinski definition) is 1. The summed E-state index contributed by atoms with van der Waals surface area (Å²) in [5.41, 5.74) is 4.04. The predicted octanol–water partition coefficient (Wildman–Crippen LogP) is 3.95. The minimum Gasteiger partial charge on any atom is -0.341 e. The third kappa shape index (κ3) is 3.25. The second-order valence-electron chi connectivity index (χ2n) is 7.86. The van der Waals surface area contributed by atoms with Crippen molar-refractivity contribution in [2.75, 3.05) is 0 Å². The molecule has 4 nitrogen and oxygen atoms in total. The molecule has 1 aliphatic carbocycles. The summed E-state index contributed by atoms with van der Waals surface area (Å²) in [6, 6.07) is 11.2. The van der Waals surface area contributed by atoms with Crippen molar-refractivity contribution in [1.29, 1.82) is 0 Å². The Balaban J connectivity index is 1.50. The lowest BCUT2D eigenvalue weighted by molar-refractivity contribution is 0.0938. The van der Waals surface area contributed by atoms with Crippen molar-refractivity contribution in [3.8, 4) is 12.3 Å². The predicted molar refractivity (Wildman–Crippen MR) is 111 cm³/mol. The first kappa shape index (κ1) is 18.2. The Morgan fingerprint density at radius 2 is 1.96 bits per heavy atom. The third-order valence-electron chi connectivity index (χ3n) is 5.74. The number of terminal acetylenes is 1. The fraction of sp³-hybridized carbons (Fsp3) is 0.292. The van der Waals surface area contributed by atoms with Crippen molar-refractivity contribution >= 4 is 12.1 Å². The molecule has 2 aliphatic rings. The molecule has 1 saturated carbocycles. The lowest BCUT2D eigenvalue weighted by atomic mass is 9.78. The number of amides is 1. The molecule has 1 fully saturated rings. The van der Waals surface area contributed by atoms with Crippen molar-refractivity contribution in [2.45, 2.75) is 44.1 Å². The number of allylic oxidation sites excluding steroid dienone is 1. The van der Waals surface area contributed by atoms with Crippen LogP contribution in [0.2, 0.25) is 0 Å². The molecule has 0 saturated heterocycles. The van der Waals surface area contributed by atoms with E-state index in [1.54, 1.807) is 24.3 Å². The minimum atomic E-state index is -0.344. The molecule has 1 aromatic heterocycles. The number of nitrogens with one attached hydrogen (secondary N) is 1.